The normalized spacial score (nSPS) is 21.0. The fraction of sp³-hybridized carbons (Fsp3) is 0.818. The third kappa shape index (κ3) is 3.81. The second kappa shape index (κ2) is 5.84. The van der Waals surface area contributed by atoms with Crippen LogP contribution in [0.2, 0.25) is 0 Å². The molecular weight excluding hydrogens is 208 g/mol. The minimum atomic E-state index is -0.778. The lowest BCUT2D eigenvalue weighted by atomic mass is 10.1. The lowest BCUT2D eigenvalue weighted by Gasteiger charge is -2.23. The molecule has 0 unspecified atom stereocenters. The number of likely N-dealkylation sites (tertiary alicyclic amines) is 1. The molecule has 1 atom stereocenters. The number of carboxylic acid groups (broad SMARTS) is 1. The molecule has 5 heteroatoms. The predicted molar refractivity (Wildman–Crippen MR) is 60.1 cm³/mol. The minimum Gasteiger partial charge on any atom is -0.480 e. The molecule has 1 fully saturated rings. The average molecular weight is 228 g/mol. The zero-order chi connectivity index (χ0) is 12.1. The fourth-order valence-corrected chi connectivity index (χ4v) is 2.19. The minimum absolute atomic E-state index is 0.0965. The molecule has 0 aromatic rings. The van der Waals surface area contributed by atoms with Gasteiger partial charge in [0.2, 0.25) is 5.91 Å². The number of carboxylic acids is 1. The number of nitrogens with zero attached hydrogens (tertiary/aromatic N) is 2. The molecule has 0 aromatic carbocycles. The monoisotopic (exact) mass is 228 g/mol. The molecule has 0 aromatic heterocycles. The van der Waals surface area contributed by atoms with Crippen LogP contribution >= 0.6 is 0 Å². The van der Waals surface area contributed by atoms with Crippen molar-refractivity contribution in [1.82, 2.24) is 9.80 Å². The van der Waals surface area contributed by atoms with Gasteiger partial charge in [-0.15, -0.1) is 0 Å². The van der Waals surface area contributed by atoms with Crippen molar-refractivity contribution in [3.05, 3.63) is 0 Å². The number of carbonyl (C=O) groups excluding carboxylic acids is 1. The van der Waals surface area contributed by atoms with E-state index in [1.54, 1.807) is 6.92 Å². The van der Waals surface area contributed by atoms with Crippen LogP contribution in [-0.2, 0) is 9.59 Å². The van der Waals surface area contributed by atoms with Crippen molar-refractivity contribution in [2.75, 3.05) is 32.7 Å². The Labute approximate surface area is 96.0 Å². The molecule has 92 valence electrons. The Kier molecular flexibility index (Phi) is 4.73. The molecule has 0 aliphatic carbocycles. The Morgan fingerprint density at radius 3 is 2.69 bits per heavy atom. The smallest absolute Gasteiger partial charge is 0.317 e. The maximum atomic E-state index is 11.2. The predicted octanol–water partition coefficient (Wildman–Crippen LogP) is 0.261. The molecule has 16 heavy (non-hydrogen) atoms. The van der Waals surface area contributed by atoms with Crippen LogP contribution in [0.4, 0.5) is 0 Å². The van der Waals surface area contributed by atoms with Crippen molar-refractivity contribution < 1.29 is 14.7 Å². The third-order valence-electron chi connectivity index (χ3n) is 3.03. The van der Waals surface area contributed by atoms with E-state index in [4.69, 9.17) is 5.11 Å². The van der Waals surface area contributed by atoms with Gasteiger partial charge in [0.25, 0.3) is 0 Å². The lowest BCUT2D eigenvalue weighted by Crippen LogP contribution is -2.35. The van der Waals surface area contributed by atoms with Gasteiger partial charge in [-0.1, -0.05) is 0 Å². The number of amides is 1. The molecule has 1 heterocycles. The van der Waals surface area contributed by atoms with Crippen LogP contribution in [0, 0.1) is 5.92 Å². The summed E-state index contributed by atoms with van der Waals surface area (Å²) in [5.41, 5.74) is 0. The van der Waals surface area contributed by atoms with E-state index in [1.807, 2.05) is 16.7 Å². The largest absolute Gasteiger partial charge is 0.480 e. The standard InChI is InChI=1S/C11H20N2O3/c1-3-13(9(2)14)7-10-4-5-12(6-10)8-11(15)16/h10H,3-8H2,1-2H3,(H,15,16)/t10-/m1/s1. The van der Waals surface area contributed by atoms with Crippen molar-refractivity contribution >= 4 is 11.9 Å². The van der Waals surface area contributed by atoms with Gasteiger partial charge in [-0.25, -0.2) is 0 Å². The molecule has 5 nitrogen and oxygen atoms in total. The summed E-state index contributed by atoms with van der Waals surface area (Å²) in [6, 6.07) is 0. The molecule has 0 radical (unpaired) electrons. The van der Waals surface area contributed by atoms with Crippen molar-refractivity contribution in [1.29, 1.82) is 0 Å². The summed E-state index contributed by atoms with van der Waals surface area (Å²) in [4.78, 5) is 25.5. The lowest BCUT2D eigenvalue weighted by molar-refractivity contribution is -0.138. The van der Waals surface area contributed by atoms with E-state index in [1.165, 1.54) is 0 Å². The van der Waals surface area contributed by atoms with Crippen molar-refractivity contribution in [3.63, 3.8) is 0 Å². The maximum absolute atomic E-state index is 11.2. The molecular formula is C11H20N2O3. The molecule has 1 N–H and O–H groups in total. The molecule has 1 rings (SSSR count). The third-order valence-corrected chi connectivity index (χ3v) is 3.03. The maximum Gasteiger partial charge on any atom is 0.317 e. The van der Waals surface area contributed by atoms with Gasteiger partial charge in [0.1, 0.15) is 0 Å². The van der Waals surface area contributed by atoms with Gasteiger partial charge in [0.05, 0.1) is 6.54 Å². The van der Waals surface area contributed by atoms with Gasteiger partial charge in [-0.3, -0.25) is 14.5 Å². The second-order valence-electron chi connectivity index (χ2n) is 4.34. The van der Waals surface area contributed by atoms with E-state index in [0.29, 0.717) is 5.92 Å². The first-order valence-corrected chi connectivity index (χ1v) is 5.72. The summed E-state index contributed by atoms with van der Waals surface area (Å²) in [7, 11) is 0. The van der Waals surface area contributed by atoms with Gasteiger partial charge in [0.15, 0.2) is 0 Å². The van der Waals surface area contributed by atoms with Crippen LogP contribution in [0.3, 0.4) is 0 Å². The SMILES string of the molecule is CCN(C[C@@H]1CCN(CC(=O)O)C1)C(C)=O. The highest BCUT2D eigenvalue weighted by atomic mass is 16.4. The van der Waals surface area contributed by atoms with Crippen molar-refractivity contribution in [2.24, 2.45) is 5.92 Å². The zero-order valence-corrected chi connectivity index (χ0v) is 9.98. The summed E-state index contributed by atoms with van der Waals surface area (Å²) < 4.78 is 0. The Morgan fingerprint density at radius 1 is 1.50 bits per heavy atom. The van der Waals surface area contributed by atoms with Crippen LogP contribution in [0.25, 0.3) is 0 Å². The first kappa shape index (κ1) is 13.0. The van der Waals surface area contributed by atoms with Crippen molar-refractivity contribution in [2.45, 2.75) is 20.3 Å². The second-order valence-corrected chi connectivity index (χ2v) is 4.34. The van der Waals surface area contributed by atoms with Crippen LogP contribution in [-0.4, -0.2) is 59.5 Å². The molecule has 1 saturated heterocycles. The fourth-order valence-electron chi connectivity index (χ4n) is 2.19. The first-order valence-electron chi connectivity index (χ1n) is 5.72. The van der Waals surface area contributed by atoms with E-state index >= 15 is 0 Å². The number of carbonyl (C=O) groups is 2. The van der Waals surface area contributed by atoms with Gasteiger partial charge in [0, 0.05) is 26.6 Å². The molecule has 1 aliphatic heterocycles. The number of rotatable bonds is 5. The number of aliphatic carboxylic acids is 1. The summed E-state index contributed by atoms with van der Waals surface area (Å²) >= 11 is 0. The van der Waals surface area contributed by atoms with E-state index in [0.717, 1.165) is 32.6 Å². The van der Waals surface area contributed by atoms with Crippen LogP contribution in [0.15, 0.2) is 0 Å². The zero-order valence-electron chi connectivity index (χ0n) is 9.98. The Balaban J connectivity index is 2.35. The number of hydrogen-bond acceptors (Lipinski definition) is 3. The molecule has 0 spiro atoms. The molecule has 1 aliphatic rings. The highest BCUT2D eigenvalue weighted by Crippen LogP contribution is 2.17. The van der Waals surface area contributed by atoms with E-state index < -0.39 is 5.97 Å². The van der Waals surface area contributed by atoms with Gasteiger partial charge >= 0.3 is 5.97 Å². The summed E-state index contributed by atoms with van der Waals surface area (Å²) in [6.45, 7) is 6.75. The highest BCUT2D eigenvalue weighted by Gasteiger charge is 2.25. The van der Waals surface area contributed by atoms with E-state index in [9.17, 15) is 9.59 Å². The Bertz CT molecular complexity index is 268. The molecule has 0 bridgehead atoms. The van der Waals surface area contributed by atoms with E-state index in [-0.39, 0.29) is 12.5 Å². The van der Waals surface area contributed by atoms with Crippen LogP contribution in [0.5, 0.6) is 0 Å². The molecule has 0 saturated carbocycles. The van der Waals surface area contributed by atoms with Crippen LogP contribution in [0.1, 0.15) is 20.3 Å². The Morgan fingerprint density at radius 2 is 2.19 bits per heavy atom. The first-order chi connectivity index (χ1) is 7.52. The van der Waals surface area contributed by atoms with Crippen LogP contribution < -0.4 is 0 Å². The molecule has 1 amide bonds. The summed E-state index contributed by atoms with van der Waals surface area (Å²) in [5.74, 6) is -0.262. The van der Waals surface area contributed by atoms with Gasteiger partial charge in [-0.05, 0) is 25.8 Å². The van der Waals surface area contributed by atoms with Gasteiger partial charge in [-0.2, -0.15) is 0 Å². The average Bonchev–Trinajstić information content (AvgIpc) is 2.60. The Hall–Kier alpha value is -1.10. The van der Waals surface area contributed by atoms with Gasteiger partial charge < -0.3 is 10.0 Å². The highest BCUT2D eigenvalue weighted by molar-refractivity contribution is 5.73. The topological polar surface area (TPSA) is 60.9 Å². The number of hydrogen-bond donors (Lipinski definition) is 1. The quantitative estimate of drug-likeness (QED) is 0.733. The van der Waals surface area contributed by atoms with E-state index in [2.05, 4.69) is 0 Å². The summed E-state index contributed by atoms with van der Waals surface area (Å²) in [5, 5.41) is 8.67. The van der Waals surface area contributed by atoms with Crippen molar-refractivity contribution in [3.8, 4) is 0 Å². The summed E-state index contributed by atoms with van der Waals surface area (Å²) in [6.07, 6.45) is 0.983.